The third-order valence-electron chi connectivity index (χ3n) is 1.85. The first-order valence-corrected chi connectivity index (χ1v) is 4.85. The number of halogens is 3. The van der Waals surface area contributed by atoms with Gasteiger partial charge in [0, 0.05) is 16.1 Å². The molecule has 0 aliphatic carbocycles. The van der Waals surface area contributed by atoms with Crippen LogP contribution in [0.2, 0.25) is 0 Å². The Morgan fingerprint density at radius 2 is 2.07 bits per heavy atom. The summed E-state index contributed by atoms with van der Waals surface area (Å²) in [6.07, 6.45) is 0.583. The van der Waals surface area contributed by atoms with E-state index in [1.807, 2.05) is 0 Å². The second-order valence-corrected chi connectivity index (χ2v) is 3.67. The molecule has 0 spiro atoms. The van der Waals surface area contributed by atoms with Crippen LogP contribution in [0.3, 0.4) is 0 Å². The van der Waals surface area contributed by atoms with Gasteiger partial charge in [-0.2, -0.15) is 0 Å². The van der Waals surface area contributed by atoms with Gasteiger partial charge in [-0.15, -0.1) is 12.4 Å². The van der Waals surface area contributed by atoms with Gasteiger partial charge in [0.15, 0.2) is 0 Å². The standard InChI is InChI=1S/C9H12BrFN2.ClH/c10-6-2-1-3-7(11)9(6)8(13)4-5-12;/h1-3,8H,4-5,12-13H2;1H/t8-;/m0./s1. The fourth-order valence-electron chi connectivity index (χ4n) is 1.19. The lowest BCUT2D eigenvalue weighted by Crippen LogP contribution is -2.17. The molecular formula is C9H13BrClFN2. The summed E-state index contributed by atoms with van der Waals surface area (Å²) in [4.78, 5) is 0. The van der Waals surface area contributed by atoms with Gasteiger partial charge in [0.25, 0.3) is 0 Å². The van der Waals surface area contributed by atoms with Crippen LogP contribution in [-0.2, 0) is 0 Å². The third-order valence-corrected chi connectivity index (χ3v) is 2.54. The summed E-state index contributed by atoms with van der Waals surface area (Å²) in [5.41, 5.74) is 11.6. The lowest BCUT2D eigenvalue weighted by molar-refractivity contribution is 0.565. The van der Waals surface area contributed by atoms with Crippen molar-refractivity contribution in [2.45, 2.75) is 12.5 Å². The van der Waals surface area contributed by atoms with Gasteiger partial charge in [-0.25, -0.2) is 4.39 Å². The average molecular weight is 284 g/mol. The Morgan fingerprint density at radius 3 is 2.57 bits per heavy atom. The smallest absolute Gasteiger partial charge is 0.129 e. The molecule has 1 atom stereocenters. The van der Waals surface area contributed by atoms with E-state index in [4.69, 9.17) is 11.5 Å². The Labute approximate surface area is 97.4 Å². The van der Waals surface area contributed by atoms with Crippen LogP contribution in [0.5, 0.6) is 0 Å². The van der Waals surface area contributed by atoms with E-state index in [-0.39, 0.29) is 24.3 Å². The normalized spacial score (nSPS) is 12.0. The molecule has 1 aromatic rings. The molecule has 0 fully saturated rings. The van der Waals surface area contributed by atoms with Crippen LogP contribution in [-0.4, -0.2) is 6.54 Å². The fraction of sp³-hybridized carbons (Fsp3) is 0.333. The number of rotatable bonds is 3. The van der Waals surface area contributed by atoms with Crippen molar-refractivity contribution in [3.63, 3.8) is 0 Å². The minimum Gasteiger partial charge on any atom is -0.330 e. The zero-order valence-electron chi connectivity index (χ0n) is 7.54. The molecule has 14 heavy (non-hydrogen) atoms. The summed E-state index contributed by atoms with van der Waals surface area (Å²) in [7, 11) is 0. The quantitative estimate of drug-likeness (QED) is 0.895. The van der Waals surface area contributed by atoms with E-state index in [2.05, 4.69) is 15.9 Å². The van der Waals surface area contributed by atoms with E-state index < -0.39 is 0 Å². The summed E-state index contributed by atoms with van der Waals surface area (Å²) in [5.74, 6) is -0.282. The maximum atomic E-state index is 13.3. The number of hydrogen-bond acceptors (Lipinski definition) is 2. The molecule has 0 saturated carbocycles. The fourth-order valence-corrected chi connectivity index (χ4v) is 1.82. The highest BCUT2D eigenvalue weighted by molar-refractivity contribution is 9.10. The van der Waals surface area contributed by atoms with E-state index in [0.717, 1.165) is 0 Å². The van der Waals surface area contributed by atoms with Crippen LogP contribution in [0.25, 0.3) is 0 Å². The van der Waals surface area contributed by atoms with Gasteiger partial charge in [-0.1, -0.05) is 22.0 Å². The van der Waals surface area contributed by atoms with E-state index >= 15 is 0 Å². The van der Waals surface area contributed by atoms with Gasteiger partial charge in [0.05, 0.1) is 0 Å². The zero-order valence-corrected chi connectivity index (χ0v) is 9.94. The minimum atomic E-state index is -0.333. The largest absolute Gasteiger partial charge is 0.330 e. The first kappa shape index (κ1) is 13.8. The Hall–Kier alpha value is -0.160. The molecule has 0 aliphatic rings. The average Bonchev–Trinajstić information content (AvgIpc) is 2.04. The monoisotopic (exact) mass is 282 g/mol. The SMILES string of the molecule is Cl.NCC[C@H](N)c1c(F)cccc1Br. The molecule has 80 valence electrons. The summed E-state index contributed by atoms with van der Waals surface area (Å²) in [6.45, 7) is 0.460. The number of benzene rings is 1. The van der Waals surface area contributed by atoms with Crippen molar-refractivity contribution in [2.75, 3.05) is 6.54 Å². The predicted molar refractivity (Wildman–Crippen MR) is 61.9 cm³/mol. The first-order chi connectivity index (χ1) is 6.16. The van der Waals surface area contributed by atoms with Gasteiger partial charge >= 0.3 is 0 Å². The molecule has 1 rings (SSSR count). The first-order valence-electron chi connectivity index (χ1n) is 4.06. The molecule has 0 unspecified atom stereocenters. The molecule has 0 aliphatic heterocycles. The number of nitrogens with two attached hydrogens (primary N) is 2. The maximum Gasteiger partial charge on any atom is 0.129 e. The molecule has 0 saturated heterocycles. The van der Waals surface area contributed by atoms with Crippen LogP contribution in [0.15, 0.2) is 22.7 Å². The molecule has 2 nitrogen and oxygen atoms in total. The molecule has 0 amide bonds. The van der Waals surface area contributed by atoms with Crippen molar-refractivity contribution >= 4 is 28.3 Å². The van der Waals surface area contributed by atoms with E-state index in [0.29, 0.717) is 23.0 Å². The second kappa shape index (κ2) is 6.35. The minimum absolute atomic E-state index is 0. The molecule has 0 aromatic heterocycles. The molecule has 1 aromatic carbocycles. The van der Waals surface area contributed by atoms with Crippen molar-refractivity contribution in [2.24, 2.45) is 11.5 Å². The Bertz CT molecular complexity index is 276. The molecule has 0 bridgehead atoms. The van der Waals surface area contributed by atoms with Crippen molar-refractivity contribution < 1.29 is 4.39 Å². The van der Waals surface area contributed by atoms with Gasteiger partial charge in [0.2, 0.25) is 0 Å². The summed E-state index contributed by atoms with van der Waals surface area (Å²) >= 11 is 3.26. The third kappa shape index (κ3) is 3.20. The number of hydrogen-bond donors (Lipinski definition) is 2. The highest BCUT2D eigenvalue weighted by atomic mass is 79.9. The van der Waals surface area contributed by atoms with Crippen LogP contribution < -0.4 is 11.5 Å². The van der Waals surface area contributed by atoms with Crippen LogP contribution in [0, 0.1) is 5.82 Å². The molecule has 5 heteroatoms. The van der Waals surface area contributed by atoms with Gasteiger partial charge < -0.3 is 11.5 Å². The van der Waals surface area contributed by atoms with Gasteiger partial charge in [-0.05, 0) is 25.1 Å². The second-order valence-electron chi connectivity index (χ2n) is 2.82. The van der Waals surface area contributed by atoms with E-state index in [1.165, 1.54) is 6.07 Å². The Kier molecular flexibility index (Phi) is 6.27. The molecule has 0 radical (unpaired) electrons. The lowest BCUT2D eigenvalue weighted by atomic mass is 10.0. The Morgan fingerprint density at radius 1 is 1.43 bits per heavy atom. The van der Waals surface area contributed by atoms with Crippen LogP contribution in [0.1, 0.15) is 18.0 Å². The summed E-state index contributed by atoms with van der Waals surface area (Å²) in [6, 6.07) is 4.48. The van der Waals surface area contributed by atoms with Crippen molar-refractivity contribution in [1.29, 1.82) is 0 Å². The molecular weight excluding hydrogens is 270 g/mol. The molecule has 4 N–H and O–H groups in total. The molecule has 0 heterocycles. The van der Waals surface area contributed by atoms with Gasteiger partial charge in [-0.3, -0.25) is 0 Å². The van der Waals surface area contributed by atoms with Crippen molar-refractivity contribution in [1.82, 2.24) is 0 Å². The maximum absolute atomic E-state index is 13.3. The topological polar surface area (TPSA) is 52.0 Å². The van der Waals surface area contributed by atoms with E-state index in [1.54, 1.807) is 12.1 Å². The lowest BCUT2D eigenvalue weighted by Gasteiger charge is -2.13. The highest BCUT2D eigenvalue weighted by Crippen LogP contribution is 2.26. The van der Waals surface area contributed by atoms with E-state index in [9.17, 15) is 4.39 Å². The summed E-state index contributed by atoms with van der Waals surface area (Å²) < 4.78 is 14.0. The van der Waals surface area contributed by atoms with Crippen LogP contribution >= 0.6 is 28.3 Å². The highest BCUT2D eigenvalue weighted by Gasteiger charge is 2.13. The van der Waals surface area contributed by atoms with Crippen molar-refractivity contribution in [3.8, 4) is 0 Å². The predicted octanol–water partition coefficient (Wildman–Crippen LogP) is 2.36. The zero-order chi connectivity index (χ0) is 9.84. The summed E-state index contributed by atoms with van der Waals surface area (Å²) in [5, 5.41) is 0. The van der Waals surface area contributed by atoms with Crippen LogP contribution in [0.4, 0.5) is 4.39 Å². The Balaban J connectivity index is 0.00000169. The van der Waals surface area contributed by atoms with Crippen molar-refractivity contribution in [3.05, 3.63) is 34.1 Å². The van der Waals surface area contributed by atoms with Gasteiger partial charge in [0.1, 0.15) is 5.82 Å².